The Labute approximate surface area is 122 Å². The lowest BCUT2D eigenvalue weighted by molar-refractivity contribution is -0.140. The van der Waals surface area contributed by atoms with Crippen LogP contribution in [0.1, 0.15) is 39.5 Å². The fourth-order valence-electron chi connectivity index (χ4n) is 1.55. The second-order valence-electron chi connectivity index (χ2n) is 5.17. The Balaban J connectivity index is 3.70. The number of hydrogen-bond donors (Lipinski definition) is 1. The summed E-state index contributed by atoms with van der Waals surface area (Å²) in [5.74, 6) is -0.412. The molecule has 0 aliphatic rings. The fraction of sp³-hybridized carbons (Fsp3) is 0.923. The van der Waals surface area contributed by atoms with E-state index in [4.69, 9.17) is 0 Å². The minimum atomic E-state index is -3.27. The maximum absolute atomic E-state index is 11.6. The number of nitrogens with one attached hydrogen (secondary N) is 1. The van der Waals surface area contributed by atoms with Crippen molar-refractivity contribution in [3.63, 3.8) is 0 Å². The van der Waals surface area contributed by atoms with Gasteiger partial charge in [0.05, 0.1) is 12.9 Å². The minimum absolute atomic E-state index is 0.0337. The van der Waals surface area contributed by atoms with Crippen LogP contribution in [0.15, 0.2) is 0 Å². The molecule has 0 aromatic carbocycles. The number of rotatable bonds is 11. The molecule has 0 spiro atoms. The number of methoxy groups -OCH3 is 1. The summed E-state index contributed by atoms with van der Waals surface area (Å²) in [4.78, 5) is 13.1. The van der Waals surface area contributed by atoms with Crippen molar-refractivity contribution in [2.75, 3.05) is 33.0 Å². The van der Waals surface area contributed by atoms with Gasteiger partial charge >= 0.3 is 5.97 Å². The van der Waals surface area contributed by atoms with Crippen molar-refractivity contribution < 1.29 is 17.9 Å². The normalized spacial score (nSPS) is 12.1. The predicted molar refractivity (Wildman–Crippen MR) is 80.0 cm³/mol. The van der Waals surface area contributed by atoms with E-state index in [1.165, 1.54) is 7.11 Å². The van der Waals surface area contributed by atoms with Gasteiger partial charge in [-0.25, -0.2) is 13.1 Å². The lowest BCUT2D eigenvalue weighted by Gasteiger charge is -2.20. The molecule has 0 unspecified atom stereocenters. The molecule has 7 heteroatoms. The van der Waals surface area contributed by atoms with E-state index in [1.807, 2.05) is 0 Å². The molecule has 0 rings (SSSR count). The summed E-state index contributed by atoms with van der Waals surface area (Å²) in [5.41, 5.74) is 0. The van der Waals surface area contributed by atoms with Crippen LogP contribution in [-0.4, -0.2) is 58.3 Å². The van der Waals surface area contributed by atoms with Gasteiger partial charge in [-0.1, -0.05) is 0 Å². The van der Waals surface area contributed by atoms with Gasteiger partial charge in [0.1, 0.15) is 0 Å². The molecule has 0 aliphatic heterocycles. The largest absolute Gasteiger partial charge is 0.469 e. The molecule has 0 bridgehead atoms. The number of carbonyl (C=O) groups is 1. The van der Waals surface area contributed by atoms with E-state index in [0.717, 1.165) is 19.4 Å². The van der Waals surface area contributed by atoms with Crippen LogP contribution in [-0.2, 0) is 19.6 Å². The summed E-state index contributed by atoms with van der Waals surface area (Å²) in [6, 6.07) is 0.505. The summed E-state index contributed by atoms with van der Waals surface area (Å²) in [6.45, 7) is 5.67. The Bertz CT molecular complexity index is 369. The maximum atomic E-state index is 11.6. The zero-order chi connectivity index (χ0) is 15.6. The first-order valence-corrected chi connectivity index (χ1v) is 8.68. The molecule has 0 saturated heterocycles. The van der Waals surface area contributed by atoms with Gasteiger partial charge in [0, 0.05) is 19.0 Å². The summed E-state index contributed by atoms with van der Waals surface area (Å²) in [5, 5.41) is 0. The second kappa shape index (κ2) is 10.1. The van der Waals surface area contributed by atoms with E-state index in [-0.39, 0.29) is 24.6 Å². The third-order valence-corrected chi connectivity index (χ3v) is 4.63. The quantitative estimate of drug-likeness (QED) is 0.455. The average Bonchev–Trinajstić information content (AvgIpc) is 2.37. The smallest absolute Gasteiger partial charge is 0.305 e. The predicted octanol–water partition coefficient (Wildman–Crippen LogP) is 0.979. The highest BCUT2D eigenvalue weighted by molar-refractivity contribution is 7.89. The van der Waals surface area contributed by atoms with Crippen LogP contribution in [0.3, 0.4) is 0 Å². The number of sulfonamides is 1. The third kappa shape index (κ3) is 10.2. The number of hydrogen-bond acceptors (Lipinski definition) is 5. The van der Waals surface area contributed by atoms with E-state index in [1.54, 1.807) is 0 Å². The lowest BCUT2D eigenvalue weighted by Crippen LogP contribution is -2.30. The second-order valence-corrected chi connectivity index (χ2v) is 7.10. The SMILES string of the molecule is COC(=O)CCCS(=O)(=O)NCCCCN(C)C(C)C. The molecule has 0 amide bonds. The molecule has 0 aromatic heterocycles. The standard InChI is InChI=1S/C13H28N2O4S/c1-12(2)15(3)10-6-5-9-14-20(17,18)11-7-8-13(16)19-4/h12,14H,5-11H2,1-4H3. The number of nitrogens with zero attached hydrogens (tertiary/aromatic N) is 1. The Morgan fingerprint density at radius 2 is 1.90 bits per heavy atom. The highest BCUT2D eigenvalue weighted by atomic mass is 32.2. The first kappa shape index (κ1) is 19.3. The van der Waals surface area contributed by atoms with Crippen LogP contribution in [0.2, 0.25) is 0 Å². The highest BCUT2D eigenvalue weighted by Gasteiger charge is 2.11. The van der Waals surface area contributed by atoms with E-state index in [2.05, 4.69) is 35.3 Å². The van der Waals surface area contributed by atoms with E-state index in [9.17, 15) is 13.2 Å². The van der Waals surface area contributed by atoms with Crippen molar-refractivity contribution in [1.29, 1.82) is 0 Å². The van der Waals surface area contributed by atoms with Gasteiger partial charge in [-0.2, -0.15) is 0 Å². The van der Waals surface area contributed by atoms with Crippen LogP contribution in [0.5, 0.6) is 0 Å². The van der Waals surface area contributed by atoms with Crippen molar-refractivity contribution in [2.45, 2.75) is 45.6 Å². The fourth-order valence-corrected chi connectivity index (χ4v) is 2.68. The average molecular weight is 308 g/mol. The molecule has 20 heavy (non-hydrogen) atoms. The molecule has 6 nitrogen and oxygen atoms in total. The highest BCUT2D eigenvalue weighted by Crippen LogP contribution is 1.99. The first-order valence-electron chi connectivity index (χ1n) is 7.03. The van der Waals surface area contributed by atoms with Crippen molar-refractivity contribution in [2.24, 2.45) is 0 Å². The van der Waals surface area contributed by atoms with Gasteiger partial charge in [0.2, 0.25) is 10.0 Å². The van der Waals surface area contributed by atoms with Gasteiger partial charge < -0.3 is 9.64 Å². The van der Waals surface area contributed by atoms with Crippen LogP contribution in [0.25, 0.3) is 0 Å². The minimum Gasteiger partial charge on any atom is -0.469 e. The van der Waals surface area contributed by atoms with E-state index < -0.39 is 10.0 Å². The Morgan fingerprint density at radius 3 is 2.45 bits per heavy atom. The van der Waals surface area contributed by atoms with Gasteiger partial charge in [-0.3, -0.25) is 4.79 Å². The van der Waals surface area contributed by atoms with Crippen LogP contribution in [0.4, 0.5) is 0 Å². The van der Waals surface area contributed by atoms with Crippen LogP contribution in [0, 0.1) is 0 Å². The molecule has 0 atom stereocenters. The zero-order valence-corrected chi connectivity index (χ0v) is 13.8. The van der Waals surface area contributed by atoms with Gasteiger partial charge in [0.25, 0.3) is 0 Å². The van der Waals surface area contributed by atoms with E-state index in [0.29, 0.717) is 12.6 Å². The Kier molecular flexibility index (Phi) is 9.79. The van der Waals surface area contributed by atoms with Gasteiger partial charge in [0.15, 0.2) is 0 Å². The zero-order valence-electron chi connectivity index (χ0n) is 13.0. The Morgan fingerprint density at radius 1 is 1.25 bits per heavy atom. The molecule has 0 aromatic rings. The summed E-state index contributed by atoms with van der Waals surface area (Å²) >= 11 is 0. The number of carbonyl (C=O) groups excluding carboxylic acids is 1. The number of ether oxygens (including phenoxy) is 1. The van der Waals surface area contributed by atoms with Crippen molar-refractivity contribution in [3.05, 3.63) is 0 Å². The molecule has 0 aliphatic carbocycles. The molecule has 0 fully saturated rings. The first-order chi connectivity index (χ1) is 9.28. The van der Waals surface area contributed by atoms with Crippen molar-refractivity contribution in [1.82, 2.24) is 9.62 Å². The van der Waals surface area contributed by atoms with Crippen LogP contribution < -0.4 is 4.72 Å². The topological polar surface area (TPSA) is 75.7 Å². The molecule has 0 heterocycles. The summed E-state index contributed by atoms with van der Waals surface area (Å²) in [6.07, 6.45) is 2.20. The monoisotopic (exact) mass is 308 g/mol. The molecule has 0 saturated carbocycles. The molecular weight excluding hydrogens is 280 g/mol. The lowest BCUT2D eigenvalue weighted by atomic mass is 10.2. The van der Waals surface area contributed by atoms with Crippen LogP contribution >= 0.6 is 0 Å². The van der Waals surface area contributed by atoms with Gasteiger partial charge in [-0.15, -0.1) is 0 Å². The number of unbranched alkanes of at least 4 members (excludes halogenated alkanes) is 1. The van der Waals surface area contributed by atoms with E-state index >= 15 is 0 Å². The number of esters is 1. The van der Waals surface area contributed by atoms with Crippen molar-refractivity contribution >= 4 is 16.0 Å². The summed E-state index contributed by atoms with van der Waals surface area (Å²) < 4.78 is 30.3. The molecular formula is C13H28N2O4S. The molecule has 120 valence electrons. The van der Waals surface area contributed by atoms with Gasteiger partial charge in [-0.05, 0) is 46.7 Å². The molecule has 1 N–H and O–H groups in total. The van der Waals surface area contributed by atoms with Crippen molar-refractivity contribution in [3.8, 4) is 0 Å². The summed E-state index contributed by atoms with van der Waals surface area (Å²) in [7, 11) is 0.0782. The molecule has 0 radical (unpaired) electrons. The third-order valence-electron chi connectivity index (χ3n) is 3.16. The Hall–Kier alpha value is -0.660. The maximum Gasteiger partial charge on any atom is 0.305 e.